The summed E-state index contributed by atoms with van der Waals surface area (Å²) in [6, 6.07) is 3.41. The third-order valence-electron chi connectivity index (χ3n) is 5.59. The minimum Gasteiger partial charge on any atom is -0.494 e. The van der Waals surface area contributed by atoms with Gasteiger partial charge in [0.05, 0.1) is 25.1 Å². The summed E-state index contributed by atoms with van der Waals surface area (Å²) in [4.78, 5) is 49.5. The van der Waals surface area contributed by atoms with Gasteiger partial charge in [0.15, 0.2) is 15.6 Å². The second kappa shape index (κ2) is 9.51. The number of halogens is 1. The number of nitrogens with one attached hydrogen (secondary N) is 1. The Bertz CT molecular complexity index is 1450. The number of rotatable bonds is 5. The SMILES string of the molecule is COc1cnc(Cl)cc1-c1cc(C)ncc1C(=O)Nc1nc2ncc(C(=O)N3CCCC3)nc2s1. The molecule has 0 aromatic carbocycles. The minimum absolute atomic E-state index is 0.142. The van der Waals surface area contributed by atoms with E-state index in [0.717, 1.165) is 43.0 Å². The number of anilines is 1. The van der Waals surface area contributed by atoms with Crippen molar-refractivity contribution in [2.75, 3.05) is 25.5 Å². The lowest BCUT2D eigenvalue weighted by molar-refractivity contribution is 0.0787. The van der Waals surface area contributed by atoms with Gasteiger partial charge in [-0.3, -0.25) is 19.9 Å². The molecular formula is C23H20ClN7O3S. The Balaban J connectivity index is 1.45. The summed E-state index contributed by atoms with van der Waals surface area (Å²) >= 11 is 7.26. The van der Waals surface area contributed by atoms with Crippen LogP contribution in [-0.2, 0) is 0 Å². The summed E-state index contributed by atoms with van der Waals surface area (Å²) in [7, 11) is 1.52. The van der Waals surface area contributed by atoms with Crippen molar-refractivity contribution in [3.05, 3.63) is 52.8 Å². The third-order valence-corrected chi connectivity index (χ3v) is 6.65. The Labute approximate surface area is 209 Å². The molecule has 178 valence electrons. The lowest BCUT2D eigenvalue weighted by Crippen LogP contribution is -2.28. The number of nitrogens with zero attached hydrogens (tertiary/aromatic N) is 6. The van der Waals surface area contributed by atoms with E-state index in [9.17, 15) is 9.59 Å². The van der Waals surface area contributed by atoms with Gasteiger partial charge in [0.25, 0.3) is 11.8 Å². The second-order valence-corrected chi connectivity index (χ2v) is 9.30. The normalized spacial score (nSPS) is 13.3. The highest BCUT2D eigenvalue weighted by Gasteiger charge is 2.23. The van der Waals surface area contributed by atoms with Crippen LogP contribution < -0.4 is 10.1 Å². The Morgan fingerprint density at radius 1 is 1.06 bits per heavy atom. The van der Waals surface area contributed by atoms with Gasteiger partial charge in [-0.1, -0.05) is 22.9 Å². The van der Waals surface area contributed by atoms with Gasteiger partial charge < -0.3 is 9.64 Å². The van der Waals surface area contributed by atoms with E-state index >= 15 is 0 Å². The number of ether oxygens (including phenoxy) is 1. The van der Waals surface area contributed by atoms with Gasteiger partial charge in [-0.25, -0.2) is 15.0 Å². The molecule has 0 bridgehead atoms. The van der Waals surface area contributed by atoms with Crippen LogP contribution in [-0.4, -0.2) is 61.8 Å². The number of hydrogen-bond acceptors (Lipinski definition) is 9. The van der Waals surface area contributed by atoms with Gasteiger partial charge >= 0.3 is 0 Å². The lowest BCUT2D eigenvalue weighted by Gasteiger charge is -2.13. The van der Waals surface area contributed by atoms with Gasteiger partial charge in [0, 0.05) is 36.1 Å². The predicted molar refractivity (Wildman–Crippen MR) is 132 cm³/mol. The number of aryl methyl sites for hydroxylation is 1. The molecule has 1 aliphatic heterocycles. The molecule has 4 aromatic rings. The summed E-state index contributed by atoms with van der Waals surface area (Å²) in [6.07, 6.45) is 6.40. The van der Waals surface area contributed by atoms with Crippen molar-refractivity contribution < 1.29 is 14.3 Å². The Kier molecular flexibility index (Phi) is 6.27. The van der Waals surface area contributed by atoms with Crippen molar-refractivity contribution in [3.8, 4) is 16.9 Å². The third kappa shape index (κ3) is 4.64. The van der Waals surface area contributed by atoms with Gasteiger partial charge in [0.2, 0.25) is 0 Å². The van der Waals surface area contributed by atoms with Crippen LogP contribution in [0.15, 0.2) is 30.7 Å². The van der Waals surface area contributed by atoms with Crippen molar-refractivity contribution in [2.24, 2.45) is 0 Å². The van der Waals surface area contributed by atoms with E-state index in [4.69, 9.17) is 16.3 Å². The Morgan fingerprint density at radius 2 is 1.86 bits per heavy atom. The number of likely N-dealkylation sites (tertiary alicyclic amines) is 1. The highest BCUT2D eigenvalue weighted by atomic mass is 35.5. The second-order valence-electron chi connectivity index (χ2n) is 7.94. The fourth-order valence-electron chi connectivity index (χ4n) is 3.88. The monoisotopic (exact) mass is 509 g/mol. The molecule has 0 unspecified atom stereocenters. The van der Waals surface area contributed by atoms with E-state index in [1.54, 1.807) is 17.0 Å². The number of amides is 2. The average Bonchev–Trinajstić information content (AvgIpc) is 3.52. The molecule has 2 amide bonds. The quantitative estimate of drug-likeness (QED) is 0.400. The zero-order valence-electron chi connectivity index (χ0n) is 18.9. The first kappa shape index (κ1) is 23.1. The molecule has 1 N–H and O–H groups in total. The van der Waals surface area contributed by atoms with E-state index in [2.05, 4.69) is 30.2 Å². The number of carbonyl (C=O) groups excluding carboxylic acids is 2. The fraction of sp³-hybridized carbons (Fsp3) is 0.261. The van der Waals surface area contributed by atoms with Gasteiger partial charge in [0.1, 0.15) is 16.6 Å². The molecule has 0 saturated carbocycles. The first-order valence-corrected chi connectivity index (χ1v) is 12.0. The van der Waals surface area contributed by atoms with E-state index < -0.39 is 5.91 Å². The van der Waals surface area contributed by atoms with Crippen LogP contribution in [0.1, 0.15) is 39.4 Å². The molecule has 0 atom stereocenters. The molecule has 5 heterocycles. The van der Waals surface area contributed by atoms with Crippen molar-refractivity contribution in [3.63, 3.8) is 0 Å². The van der Waals surface area contributed by atoms with Crippen LogP contribution in [0.25, 0.3) is 21.6 Å². The standard InChI is InChI=1S/C23H20ClN7O3S/c1-12-7-13(14-8-18(24)26-11-17(14)34-2)15(9-25-12)20(32)30-23-29-19-21(35-23)28-16(10-27-19)22(33)31-5-3-4-6-31/h7-11H,3-6H2,1-2H3,(H,27,29,30,32). The highest BCUT2D eigenvalue weighted by Crippen LogP contribution is 2.34. The van der Waals surface area contributed by atoms with E-state index in [1.165, 1.54) is 25.7 Å². The molecule has 1 fully saturated rings. The van der Waals surface area contributed by atoms with Crippen LogP contribution in [0.4, 0.5) is 5.13 Å². The van der Waals surface area contributed by atoms with Crippen molar-refractivity contribution >= 4 is 50.4 Å². The molecule has 5 rings (SSSR count). The largest absolute Gasteiger partial charge is 0.494 e. The summed E-state index contributed by atoms with van der Waals surface area (Å²) in [6.45, 7) is 3.28. The van der Waals surface area contributed by atoms with Crippen LogP contribution in [0.5, 0.6) is 5.75 Å². The predicted octanol–water partition coefficient (Wildman–Crippen LogP) is 4.00. The number of aromatic nitrogens is 5. The summed E-state index contributed by atoms with van der Waals surface area (Å²) in [5, 5.41) is 3.37. The lowest BCUT2D eigenvalue weighted by atomic mass is 10.0. The molecule has 12 heteroatoms. The van der Waals surface area contributed by atoms with Crippen molar-refractivity contribution in [1.29, 1.82) is 0 Å². The number of methoxy groups -OCH3 is 1. The smallest absolute Gasteiger partial charge is 0.274 e. The van der Waals surface area contributed by atoms with Crippen molar-refractivity contribution in [1.82, 2.24) is 29.8 Å². The maximum absolute atomic E-state index is 13.3. The molecule has 1 aliphatic rings. The zero-order chi connectivity index (χ0) is 24.5. The zero-order valence-corrected chi connectivity index (χ0v) is 20.5. The maximum Gasteiger partial charge on any atom is 0.274 e. The molecule has 4 aromatic heterocycles. The Morgan fingerprint density at radius 3 is 2.63 bits per heavy atom. The number of pyridine rings is 2. The molecule has 0 radical (unpaired) electrons. The summed E-state index contributed by atoms with van der Waals surface area (Å²) in [5.74, 6) is -0.0937. The van der Waals surface area contributed by atoms with Gasteiger partial charge in [-0.15, -0.1) is 0 Å². The van der Waals surface area contributed by atoms with Gasteiger partial charge in [-0.05, 0) is 31.9 Å². The summed E-state index contributed by atoms with van der Waals surface area (Å²) in [5.41, 5.74) is 2.85. The number of fused-ring (bicyclic) bond motifs is 1. The Hall–Kier alpha value is -3.70. The highest BCUT2D eigenvalue weighted by molar-refractivity contribution is 7.21. The molecule has 0 aliphatic carbocycles. The van der Waals surface area contributed by atoms with E-state index in [0.29, 0.717) is 38.0 Å². The van der Waals surface area contributed by atoms with Crippen LogP contribution in [0.3, 0.4) is 0 Å². The topological polar surface area (TPSA) is 123 Å². The average molecular weight is 510 g/mol. The molecule has 1 saturated heterocycles. The minimum atomic E-state index is -0.421. The van der Waals surface area contributed by atoms with E-state index in [-0.39, 0.29) is 16.8 Å². The van der Waals surface area contributed by atoms with Crippen LogP contribution in [0.2, 0.25) is 5.15 Å². The van der Waals surface area contributed by atoms with Crippen LogP contribution in [0, 0.1) is 6.92 Å². The number of thiazole rings is 1. The number of hydrogen-bond donors (Lipinski definition) is 1. The number of carbonyl (C=O) groups is 2. The molecular weight excluding hydrogens is 490 g/mol. The maximum atomic E-state index is 13.3. The fourth-order valence-corrected chi connectivity index (χ4v) is 4.83. The van der Waals surface area contributed by atoms with Crippen LogP contribution >= 0.6 is 22.9 Å². The summed E-state index contributed by atoms with van der Waals surface area (Å²) < 4.78 is 5.42. The van der Waals surface area contributed by atoms with Gasteiger partial charge in [-0.2, -0.15) is 4.98 Å². The van der Waals surface area contributed by atoms with Crippen molar-refractivity contribution in [2.45, 2.75) is 19.8 Å². The first-order chi connectivity index (χ1) is 16.9. The molecule has 35 heavy (non-hydrogen) atoms. The first-order valence-electron chi connectivity index (χ1n) is 10.8. The molecule has 0 spiro atoms. The van der Waals surface area contributed by atoms with E-state index in [1.807, 2.05) is 6.92 Å². The molecule has 10 nitrogen and oxygen atoms in total.